The van der Waals surface area contributed by atoms with Gasteiger partial charge in [-0.2, -0.15) is 0 Å². The van der Waals surface area contributed by atoms with Crippen LogP contribution < -0.4 is 10.1 Å². The van der Waals surface area contributed by atoms with Gasteiger partial charge in [0.1, 0.15) is 12.4 Å². The van der Waals surface area contributed by atoms with Crippen molar-refractivity contribution in [3.05, 3.63) is 57.8 Å². The number of ether oxygens (including phenoxy) is 1. The number of carbonyl (C=O) groups excluding carboxylic acids is 1. The Morgan fingerprint density at radius 3 is 2.84 bits per heavy atom. The highest BCUT2D eigenvalue weighted by Gasteiger charge is 2.25. The van der Waals surface area contributed by atoms with Gasteiger partial charge in [-0.05, 0) is 49.5 Å². The molecular formula is C20H22N2O2S. The Labute approximate surface area is 152 Å². The summed E-state index contributed by atoms with van der Waals surface area (Å²) in [5.74, 6) is 0.808. The largest absolute Gasteiger partial charge is 0.488 e. The number of para-hydroxylation sites is 1. The maximum absolute atomic E-state index is 12.6. The highest BCUT2D eigenvalue weighted by molar-refractivity contribution is 7.10. The molecule has 1 N–H and O–H groups in total. The van der Waals surface area contributed by atoms with Gasteiger partial charge in [-0.15, -0.1) is 11.3 Å². The average molecular weight is 354 g/mol. The molecule has 130 valence electrons. The molecule has 0 saturated carbocycles. The fourth-order valence-corrected chi connectivity index (χ4v) is 4.35. The van der Waals surface area contributed by atoms with Crippen LogP contribution in [0.1, 0.15) is 29.3 Å². The fraction of sp³-hybridized carbons (Fsp3) is 0.350. The van der Waals surface area contributed by atoms with Crippen LogP contribution in [0, 0.1) is 0 Å². The van der Waals surface area contributed by atoms with Gasteiger partial charge in [0.2, 0.25) is 0 Å². The van der Waals surface area contributed by atoms with Crippen molar-refractivity contribution in [3.63, 3.8) is 0 Å². The van der Waals surface area contributed by atoms with E-state index in [2.05, 4.69) is 27.7 Å². The van der Waals surface area contributed by atoms with Gasteiger partial charge in [0, 0.05) is 17.0 Å². The first kappa shape index (κ1) is 16.4. The van der Waals surface area contributed by atoms with Crippen molar-refractivity contribution in [2.24, 2.45) is 0 Å². The fourth-order valence-electron chi connectivity index (χ4n) is 3.49. The Morgan fingerprint density at radius 1 is 1.20 bits per heavy atom. The molecule has 0 unspecified atom stereocenters. The van der Waals surface area contributed by atoms with Gasteiger partial charge in [-0.25, -0.2) is 0 Å². The molecule has 25 heavy (non-hydrogen) atoms. The second kappa shape index (κ2) is 7.42. The minimum absolute atomic E-state index is 0.0322. The summed E-state index contributed by atoms with van der Waals surface area (Å²) in [6, 6.07) is 12.3. The third-order valence-corrected chi connectivity index (χ3v) is 5.81. The van der Waals surface area contributed by atoms with E-state index in [0.717, 1.165) is 24.4 Å². The second-order valence-corrected chi connectivity index (χ2v) is 7.46. The number of nitrogens with one attached hydrogen (secondary N) is 1. The van der Waals surface area contributed by atoms with Crippen molar-refractivity contribution in [2.45, 2.75) is 18.9 Å². The third-order valence-electron chi connectivity index (χ3n) is 4.83. The van der Waals surface area contributed by atoms with Gasteiger partial charge in [0.05, 0.1) is 11.6 Å². The predicted octanol–water partition coefficient (Wildman–Crippen LogP) is 3.48. The van der Waals surface area contributed by atoms with E-state index in [1.165, 1.54) is 17.7 Å². The summed E-state index contributed by atoms with van der Waals surface area (Å²) in [6.45, 7) is 3.18. The van der Waals surface area contributed by atoms with Gasteiger partial charge in [0.15, 0.2) is 0 Å². The van der Waals surface area contributed by atoms with E-state index in [9.17, 15) is 4.79 Å². The number of nitrogens with zero attached hydrogens (tertiary/aromatic N) is 1. The molecule has 1 amide bonds. The Balaban J connectivity index is 1.44. The van der Waals surface area contributed by atoms with E-state index >= 15 is 0 Å². The summed E-state index contributed by atoms with van der Waals surface area (Å²) < 4.78 is 5.70. The maximum atomic E-state index is 12.6. The van der Waals surface area contributed by atoms with E-state index in [-0.39, 0.29) is 11.9 Å². The Kier molecular flexibility index (Phi) is 4.85. The normalized spacial score (nSPS) is 18.2. The van der Waals surface area contributed by atoms with Crippen LogP contribution in [0.4, 0.5) is 0 Å². The number of hydrogen-bond donors (Lipinski definition) is 1. The summed E-state index contributed by atoms with van der Waals surface area (Å²) in [4.78, 5) is 16.4. The monoisotopic (exact) mass is 354 g/mol. The van der Waals surface area contributed by atoms with E-state index in [4.69, 9.17) is 4.74 Å². The number of rotatable bonds is 5. The molecule has 1 saturated heterocycles. The smallest absolute Gasteiger partial charge is 0.250 e. The maximum Gasteiger partial charge on any atom is 0.250 e. The molecule has 4 nitrogen and oxygen atoms in total. The van der Waals surface area contributed by atoms with Crippen molar-refractivity contribution < 1.29 is 9.53 Å². The SMILES string of the molecule is O=C(NC[C@@H](c1cccs1)N1CCCC1)C1=Cc2ccccc2OC1. The minimum atomic E-state index is -0.0322. The Hall–Kier alpha value is -2.11. The summed E-state index contributed by atoms with van der Waals surface area (Å²) in [7, 11) is 0. The first-order valence-corrected chi connectivity index (χ1v) is 9.67. The highest BCUT2D eigenvalue weighted by atomic mass is 32.1. The van der Waals surface area contributed by atoms with Crippen LogP contribution in [0.3, 0.4) is 0 Å². The molecule has 1 fully saturated rings. The first-order chi connectivity index (χ1) is 12.3. The number of benzene rings is 1. The van der Waals surface area contributed by atoms with Crippen molar-refractivity contribution in [1.29, 1.82) is 0 Å². The van der Waals surface area contributed by atoms with Crippen LogP contribution in [-0.4, -0.2) is 37.0 Å². The summed E-state index contributed by atoms with van der Waals surface area (Å²) in [5.41, 5.74) is 1.65. The molecular weight excluding hydrogens is 332 g/mol. The number of amides is 1. The number of carbonyl (C=O) groups is 1. The zero-order valence-corrected chi connectivity index (χ0v) is 14.9. The van der Waals surface area contributed by atoms with Gasteiger partial charge in [-0.1, -0.05) is 24.3 Å². The number of hydrogen-bond acceptors (Lipinski definition) is 4. The molecule has 0 spiro atoms. The van der Waals surface area contributed by atoms with E-state index in [0.29, 0.717) is 18.7 Å². The molecule has 0 aliphatic carbocycles. The quantitative estimate of drug-likeness (QED) is 0.894. The molecule has 2 aromatic rings. The lowest BCUT2D eigenvalue weighted by molar-refractivity contribution is -0.118. The zero-order valence-electron chi connectivity index (χ0n) is 14.1. The van der Waals surface area contributed by atoms with Crippen LogP contribution >= 0.6 is 11.3 Å². The molecule has 2 aliphatic heterocycles. The van der Waals surface area contributed by atoms with Gasteiger partial charge >= 0.3 is 0 Å². The lowest BCUT2D eigenvalue weighted by atomic mass is 10.1. The zero-order chi connectivity index (χ0) is 17.1. The molecule has 5 heteroatoms. The first-order valence-electron chi connectivity index (χ1n) is 8.79. The topological polar surface area (TPSA) is 41.6 Å². The van der Waals surface area contributed by atoms with E-state index in [1.54, 1.807) is 11.3 Å². The lowest BCUT2D eigenvalue weighted by Crippen LogP contribution is -2.37. The Morgan fingerprint density at radius 2 is 2.04 bits per heavy atom. The molecule has 1 aromatic carbocycles. The number of likely N-dealkylation sites (tertiary alicyclic amines) is 1. The number of fused-ring (bicyclic) bond motifs is 1. The average Bonchev–Trinajstić information content (AvgIpc) is 3.36. The van der Waals surface area contributed by atoms with Crippen LogP contribution in [0.25, 0.3) is 6.08 Å². The van der Waals surface area contributed by atoms with Crippen LogP contribution in [0.2, 0.25) is 0 Å². The van der Waals surface area contributed by atoms with Crippen molar-refractivity contribution in [3.8, 4) is 5.75 Å². The lowest BCUT2D eigenvalue weighted by Gasteiger charge is -2.27. The summed E-state index contributed by atoms with van der Waals surface area (Å²) in [5, 5.41) is 5.23. The summed E-state index contributed by atoms with van der Waals surface area (Å²) >= 11 is 1.76. The van der Waals surface area contributed by atoms with Crippen LogP contribution in [0.15, 0.2) is 47.4 Å². The van der Waals surface area contributed by atoms with Crippen molar-refractivity contribution in [1.82, 2.24) is 10.2 Å². The molecule has 4 rings (SSSR count). The molecule has 0 bridgehead atoms. The minimum Gasteiger partial charge on any atom is -0.488 e. The summed E-state index contributed by atoms with van der Waals surface area (Å²) in [6.07, 6.45) is 4.42. The molecule has 2 aliphatic rings. The molecule has 3 heterocycles. The van der Waals surface area contributed by atoms with Crippen molar-refractivity contribution in [2.75, 3.05) is 26.2 Å². The molecule has 1 aromatic heterocycles. The third kappa shape index (κ3) is 3.62. The highest BCUT2D eigenvalue weighted by Crippen LogP contribution is 2.29. The predicted molar refractivity (Wildman–Crippen MR) is 101 cm³/mol. The van der Waals surface area contributed by atoms with Crippen LogP contribution in [0.5, 0.6) is 5.75 Å². The van der Waals surface area contributed by atoms with E-state index in [1.807, 2.05) is 30.3 Å². The second-order valence-electron chi connectivity index (χ2n) is 6.48. The van der Waals surface area contributed by atoms with Crippen LogP contribution in [-0.2, 0) is 4.79 Å². The van der Waals surface area contributed by atoms with E-state index < -0.39 is 0 Å². The Bertz CT molecular complexity index is 764. The van der Waals surface area contributed by atoms with Gasteiger partial charge < -0.3 is 10.1 Å². The van der Waals surface area contributed by atoms with Crippen molar-refractivity contribution >= 4 is 23.3 Å². The molecule has 0 radical (unpaired) electrons. The van der Waals surface area contributed by atoms with Gasteiger partial charge in [0.25, 0.3) is 5.91 Å². The standard InChI is InChI=1S/C20H22N2O2S/c23-20(16-12-15-6-1-2-7-18(15)24-14-16)21-13-17(19-8-5-11-25-19)22-9-3-4-10-22/h1-2,5-8,11-12,17H,3-4,9-10,13-14H2,(H,21,23)/t17-/m0/s1. The van der Waals surface area contributed by atoms with Gasteiger partial charge in [-0.3, -0.25) is 9.69 Å². The molecule has 1 atom stereocenters. The number of thiophene rings is 1.